The minimum absolute atomic E-state index is 0.122. The van der Waals surface area contributed by atoms with Gasteiger partial charge in [-0.25, -0.2) is 4.98 Å². The molecule has 0 spiro atoms. The quantitative estimate of drug-likeness (QED) is 0.693. The summed E-state index contributed by atoms with van der Waals surface area (Å²) >= 11 is 1.53. The number of hydrogen-bond donors (Lipinski definition) is 2. The topological polar surface area (TPSA) is 98.9 Å². The van der Waals surface area contributed by atoms with E-state index in [1.165, 1.54) is 17.4 Å². The third-order valence-corrected chi connectivity index (χ3v) is 6.07. The van der Waals surface area contributed by atoms with Gasteiger partial charge in [0.2, 0.25) is 0 Å². The van der Waals surface area contributed by atoms with Crippen LogP contribution >= 0.6 is 11.3 Å². The van der Waals surface area contributed by atoms with E-state index in [0.717, 1.165) is 29.7 Å². The molecule has 8 heteroatoms. The van der Waals surface area contributed by atoms with E-state index in [1.807, 2.05) is 23.8 Å². The molecule has 29 heavy (non-hydrogen) atoms. The number of pyridine rings is 1. The summed E-state index contributed by atoms with van der Waals surface area (Å²) in [6.45, 7) is 4.18. The fourth-order valence-electron chi connectivity index (χ4n) is 3.69. The number of nitrogens with one attached hydrogen (secondary N) is 2. The summed E-state index contributed by atoms with van der Waals surface area (Å²) in [5, 5.41) is 3.87. The lowest BCUT2D eigenvalue weighted by Gasteiger charge is -2.35. The first-order chi connectivity index (χ1) is 13.9. The molecule has 0 aromatic carbocycles. The predicted octanol–water partition coefficient (Wildman–Crippen LogP) is 3.17. The van der Waals surface area contributed by atoms with E-state index in [1.54, 1.807) is 17.9 Å². The molecule has 0 saturated carbocycles. The molecule has 1 amide bonds. The van der Waals surface area contributed by atoms with Crippen LogP contribution in [0.25, 0.3) is 11.3 Å². The van der Waals surface area contributed by atoms with E-state index in [0.29, 0.717) is 24.5 Å². The molecule has 2 N–H and O–H groups in total. The summed E-state index contributed by atoms with van der Waals surface area (Å²) in [5.41, 5.74) is 2.54. The molecule has 1 atom stereocenters. The van der Waals surface area contributed by atoms with Crippen LogP contribution in [0.2, 0.25) is 0 Å². The van der Waals surface area contributed by atoms with Gasteiger partial charge in [-0.3, -0.25) is 14.4 Å². The van der Waals surface area contributed by atoms with Gasteiger partial charge < -0.3 is 14.9 Å². The Morgan fingerprint density at radius 1 is 1.21 bits per heavy atom. The number of carbonyl (C=O) groups is 1. The molecule has 1 saturated heterocycles. The van der Waals surface area contributed by atoms with Crippen molar-refractivity contribution in [1.82, 2.24) is 19.9 Å². The van der Waals surface area contributed by atoms with Gasteiger partial charge in [-0.05, 0) is 56.2 Å². The largest absolute Gasteiger partial charge is 0.328 e. The van der Waals surface area contributed by atoms with E-state index >= 15 is 0 Å². The molecule has 1 fully saturated rings. The molecular weight excluding hydrogens is 388 g/mol. The SMILES string of the molecule is Cc1cc(C(=O)N2CCCC[C@@H]2c2nc(-c3ccsc3)cc(=O)[nH]2)c(=O)[nH]c1C. The van der Waals surface area contributed by atoms with E-state index in [2.05, 4.69) is 15.0 Å². The van der Waals surface area contributed by atoms with Crippen molar-refractivity contribution in [2.75, 3.05) is 6.54 Å². The lowest BCUT2D eigenvalue weighted by molar-refractivity contribution is 0.0597. The molecule has 4 heterocycles. The van der Waals surface area contributed by atoms with Gasteiger partial charge in [-0.2, -0.15) is 11.3 Å². The third-order valence-electron chi connectivity index (χ3n) is 5.38. The number of aryl methyl sites for hydroxylation is 2. The summed E-state index contributed by atoms with van der Waals surface area (Å²) in [6.07, 6.45) is 2.45. The van der Waals surface area contributed by atoms with Crippen molar-refractivity contribution in [1.29, 1.82) is 0 Å². The van der Waals surface area contributed by atoms with Crippen LogP contribution in [-0.2, 0) is 0 Å². The van der Waals surface area contributed by atoms with Crippen LogP contribution in [0.3, 0.4) is 0 Å². The minimum Gasteiger partial charge on any atom is -0.328 e. The fourth-order valence-corrected chi connectivity index (χ4v) is 4.34. The molecule has 0 unspecified atom stereocenters. The average molecular weight is 410 g/mol. The maximum absolute atomic E-state index is 13.3. The molecule has 1 aliphatic rings. The normalized spacial score (nSPS) is 16.8. The predicted molar refractivity (Wildman–Crippen MR) is 112 cm³/mol. The number of aromatic amines is 2. The van der Waals surface area contributed by atoms with Crippen LogP contribution in [0.5, 0.6) is 0 Å². The van der Waals surface area contributed by atoms with E-state index in [9.17, 15) is 14.4 Å². The highest BCUT2D eigenvalue weighted by Gasteiger charge is 2.32. The second-order valence-corrected chi connectivity index (χ2v) is 8.14. The molecular formula is C21H22N4O3S. The summed E-state index contributed by atoms with van der Waals surface area (Å²) in [5.74, 6) is 0.134. The lowest BCUT2D eigenvalue weighted by Crippen LogP contribution is -2.42. The monoisotopic (exact) mass is 410 g/mol. The smallest absolute Gasteiger partial charge is 0.261 e. The minimum atomic E-state index is -0.393. The highest BCUT2D eigenvalue weighted by molar-refractivity contribution is 7.08. The Labute approximate surface area is 171 Å². The van der Waals surface area contributed by atoms with E-state index in [4.69, 9.17) is 0 Å². The van der Waals surface area contributed by atoms with Crippen molar-refractivity contribution in [3.63, 3.8) is 0 Å². The first kappa shape index (κ1) is 19.3. The number of piperidine rings is 1. The number of likely N-dealkylation sites (tertiary alicyclic amines) is 1. The van der Waals surface area contributed by atoms with Crippen molar-refractivity contribution < 1.29 is 4.79 Å². The van der Waals surface area contributed by atoms with Crippen LogP contribution in [0.1, 0.15) is 52.7 Å². The molecule has 4 rings (SSSR count). The Bertz CT molecular complexity index is 1160. The Balaban J connectivity index is 1.74. The number of nitrogens with zero attached hydrogens (tertiary/aromatic N) is 2. The van der Waals surface area contributed by atoms with Gasteiger partial charge in [0, 0.05) is 29.2 Å². The van der Waals surface area contributed by atoms with Gasteiger partial charge in [-0.15, -0.1) is 0 Å². The third kappa shape index (κ3) is 3.80. The van der Waals surface area contributed by atoms with E-state index in [-0.39, 0.29) is 23.1 Å². The van der Waals surface area contributed by atoms with Crippen LogP contribution in [-0.4, -0.2) is 32.3 Å². The van der Waals surface area contributed by atoms with Gasteiger partial charge in [0.1, 0.15) is 11.4 Å². The number of H-pyrrole nitrogens is 2. The Morgan fingerprint density at radius 2 is 2.03 bits per heavy atom. The Hall–Kier alpha value is -3.00. The van der Waals surface area contributed by atoms with Gasteiger partial charge in [-0.1, -0.05) is 0 Å². The summed E-state index contributed by atoms with van der Waals surface area (Å²) in [4.78, 5) is 49.8. The summed E-state index contributed by atoms with van der Waals surface area (Å²) < 4.78 is 0. The highest BCUT2D eigenvalue weighted by atomic mass is 32.1. The van der Waals surface area contributed by atoms with Crippen molar-refractivity contribution >= 4 is 17.2 Å². The molecule has 0 radical (unpaired) electrons. The van der Waals surface area contributed by atoms with Gasteiger partial charge in [0.15, 0.2) is 0 Å². The summed E-state index contributed by atoms with van der Waals surface area (Å²) in [7, 11) is 0. The van der Waals surface area contributed by atoms with Crippen molar-refractivity contribution in [2.45, 2.75) is 39.2 Å². The first-order valence-electron chi connectivity index (χ1n) is 9.59. The second-order valence-electron chi connectivity index (χ2n) is 7.36. The number of rotatable bonds is 3. The fraction of sp³-hybridized carbons (Fsp3) is 0.333. The zero-order valence-electron chi connectivity index (χ0n) is 16.3. The average Bonchev–Trinajstić information content (AvgIpc) is 3.25. The van der Waals surface area contributed by atoms with Gasteiger partial charge in [0.25, 0.3) is 17.0 Å². The number of aromatic nitrogens is 3. The zero-order valence-corrected chi connectivity index (χ0v) is 17.1. The summed E-state index contributed by atoms with van der Waals surface area (Å²) in [6, 6.07) is 4.65. The molecule has 1 aliphatic heterocycles. The number of thiophene rings is 1. The molecule has 3 aromatic heterocycles. The van der Waals surface area contributed by atoms with Crippen LogP contribution in [0, 0.1) is 13.8 Å². The van der Waals surface area contributed by atoms with Crippen LogP contribution < -0.4 is 11.1 Å². The maximum atomic E-state index is 13.3. The van der Waals surface area contributed by atoms with Gasteiger partial charge >= 0.3 is 0 Å². The maximum Gasteiger partial charge on any atom is 0.261 e. The van der Waals surface area contributed by atoms with Crippen molar-refractivity contribution in [3.8, 4) is 11.3 Å². The molecule has 7 nitrogen and oxygen atoms in total. The molecule has 0 aliphatic carbocycles. The van der Waals surface area contributed by atoms with Crippen molar-refractivity contribution in [2.24, 2.45) is 0 Å². The second kappa shape index (κ2) is 7.79. The molecule has 150 valence electrons. The molecule has 0 bridgehead atoms. The van der Waals surface area contributed by atoms with Crippen molar-refractivity contribution in [3.05, 3.63) is 72.3 Å². The standard InChI is InChI=1S/C21H22N4O3S/c1-12-9-15(20(27)22-13(12)2)21(28)25-7-4-3-5-17(25)19-23-16(10-18(26)24-19)14-6-8-29-11-14/h6,8-11,17H,3-5,7H2,1-2H3,(H,22,27)(H,23,24,26)/t17-/m1/s1. The lowest BCUT2D eigenvalue weighted by atomic mass is 9.99. The number of carbonyl (C=O) groups excluding carboxylic acids is 1. The Kier molecular flexibility index (Phi) is 5.19. The zero-order chi connectivity index (χ0) is 20.5. The highest BCUT2D eigenvalue weighted by Crippen LogP contribution is 2.30. The molecule has 3 aromatic rings. The Morgan fingerprint density at radius 3 is 2.79 bits per heavy atom. The van der Waals surface area contributed by atoms with E-state index < -0.39 is 5.56 Å². The number of amides is 1. The van der Waals surface area contributed by atoms with Crippen LogP contribution in [0.15, 0.2) is 38.5 Å². The number of hydrogen-bond acceptors (Lipinski definition) is 5. The first-order valence-corrected chi connectivity index (χ1v) is 10.5. The van der Waals surface area contributed by atoms with Gasteiger partial charge in [0.05, 0.1) is 11.7 Å². The van der Waals surface area contributed by atoms with Crippen LogP contribution in [0.4, 0.5) is 0 Å².